The Labute approximate surface area is 129 Å². The predicted octanol–water partition coefficient (Wildman–Crippen LogP) is 3.71. The molecule has 0 fully saturated rings. The van der Waals surface area contributed by atoms with Gasteiger partial charge in [-0.2, -0.15) is 0 Å². The van der Waals surface area contributed by atoms with E-state index in [0.29, 0.717) is 5.69 Å². The van der Waals surface area contributed by atoms with Gasteiger partial charge in [-0.25, -0.2) is 0 Å². The number of benzene rings is 1. The quantitative estimate of drug-likeness (QED) is 0.747. The number of methoxy groups -OCH3 is 1. The molecule has 0 spiro atoms. The van der Waals surface area contributed by atoms with Crippen LogP contribution in [0, 0.1) is 6.92 Å². The molecule has 0 bridgehead atoms. The third kappa shape index (κ3) is 2.51. The molecule has 2 aromatic heterocycles. The van der Waals surface area contributed by atoms with Crippen LogP contribution < -0.4 is 10.5 Å². The predicted molar refractivity (Wildman–Crippen MR) is 88.6 cm³/mol. The number of hydrogen-bond donors (Lipinski definition) is 1. The monoisotopic (exact) mass is 291 g/mol. The van der Waals surface area contributed by atoms with E-state index in [2.05, 4.69) is 9.97 Å². The van der Waals surface area contributed by atoms with E-state index in [1.807, 2.05) is 49.4 Å². The van der Waals surface area contributed by atoms with Crippen LogP contribution >= 0.6 is 0 Å². The van der Waals surface area contributed by atoms with Crippen LogP contribution in [0.15, 0.2) is 54.9 Å². The Bertz CT molecular complexity index is 801. The van der Waals surface area contributed by atoms with Crippen LogP contribution in [0.3, 0.4) is 0 Å². The average molecular weight is 291 g/mol. The van der Waals surface area contributed by atoms with Crippen LogP contribution in [0.5, 0.6) is 5.75 Å². The van der Waals surface area contributed by atoms with Crippen molar-refractivity contribution in [2.24, 2.45) is 0 Å². The van der Waals surface area contributed by atoms with E-state index in [1.54, 1.807) is 19.5 Å². The van der Waals surface area contributed by atoms with Crippen molar-refractivity contribution in [2.75, 3.05) is 12.8 Å². The van der Waals surface area contributed by atoms with Crippen LogP contribution in [0.2, 0.25) is 0 Å². The first-order valence-corrected chi connectivity index (χ1v) is 7.01. The van der Waals surface area contributed by atoms with Crippen LogP contribution in [0.1, 0.15) is 5.56 Å². The molecule has 2 heterocycles. The summed E-state index contributed by atoms with van der Waals surface area (Å²) in [5.41, 5.74) is 11.6. The van der Waals surface area contributed by atoms with Gasteiger partial charge in [0.05, 0.1) is 18.5 Å². The molecular weight excluding hydrogens is 274 g/mol. The van der Waals surface area contributed by atoms with Crippen LogP contribution in [-0.2, 0) is 0 Å². The lowest BCUT2D eigenvalue weighted by atomic mass is 9.97. The molecule has 3 rings (SSSR count). The van der Waals surface area contributed by atoms with Gasteiger partial charge in [-0.3, -0.25) is 9.97 Å². The summed E-state index contributed by atoms with van der Waals surface area (Å²) in [4.78, 5) is 8.85. The summed E-state index contributed by atoms with van der Waals surface area (Å²) in [6, 6.07) is 13.4. The number of hydrogen-bond acceptors (Lipinski definition) is 4. The maximum atomic E-state index is 6.14. The minimum absolute atomic E-state index is 0.710. The Hall–Kier alpha value is -2.88. The highest BCUT2D eigenvalue weighted by Gasteiger charge is 2.12. The fourth-order valence-corrected chi connectivity index (χ4v) is 2.48. The van der Waals surface area contributed by atoms with Gasteiger partial charge >= 0.3 is 0 Å². The molecule has 4 heteroatoms. The minimum Gasteiger partial charge on any atom is -0.497 e. The van der Waals surface area contributed by atoms with E-state index in [0.717, 1.165) is 33.8 Å². The molecule has 0 radical (unpaired) electrons. The van der Waals surface area contributed by atoms with Gasteiger partial charge in [0.2, 0.25) is 0 Å². The lowest BCUT2D eigenvalue weighted by Crippen LogP contribution is -1.97. The van der Waals surface area contributed by atoms with E-state index < -0.39 is 0 Å². The summed E-state index contributed by atoms with van der Waals surface area (Å²) in [5.74, 6) is 0.778. The first-order chi connectivity index (χ1) is 10.7. The molecule has 0 aliphatic heterocycles. The summed E-state index contributed by atoms with van der Waals surface area (Å²) in [5, 5.41) is 0. The van der Waals surface area contributed by atoms with Crippen molar-refractivity contribution >= 4 is 5.69 Å². The number of pyridine rings is 2. The van der Waals surface area contributed by atoms with Crippen molar-refractivity contribution in [1.29, 1.82) is 0 Å². The lowest BCUT2D eigenvalue weighted by Gasteiger charge is -2.13. The first-order valence-electron chi connectivity index (χ1n) is 7.01. The number of rotatable bonds is 3. The fourth-order valence-electron chi connectivity index (χ4n) is 2.48. The number of nitrogens with zero attached hydrogens (tertiary/aromatic N) is 2. The molecule has 4 nitrogen and oxygen atoms in total. The van der Waals surface area contributed by atoms with Gasteiger partial charge in [0, 0.05) is 23.6 Å². The highest BCUT2D eigenvalue weighted by molar-refractivity contribution is 5.82. The van der Waals surface area contributed by atoms with Crippen LogP contribution in [0.4, 0.5) is 5.69 Å². The molecule has 22 heavy (non-hydrogen) atoms. The Morgan fingerprint density at radius 1 is 0.955 bits per heavy atom. The first kappa shape index (κ1) is 14.1. The van der Waals surface area contributed by atoms with Gasteiger partial charge in [-0.1, -0.05) is 6.07 Å². The summed E-state index contributed by atoms with van der Waals surface area (Å²) >= 11 is 0. The number of ether oxygens (including phenoxy) is 1. The Morgan fingerprint density at radius 3 is 2.55 bits per heavy atom. The summed E-state index contributed by atoms with van der Waals surface area (Å²) in [7, 11) is 1.65. The van der Waals surface area contributed by atoms with E-state index in [4.69, 9.17) is 10.5 Å². The second kappa shape index (κ2) is 5.85. The minimum atomic E-state index is 0.710. The highest BCUT2D eigenvalue weighted by Crippen LogP contribution is 2.34. The van der Waals surface area contributed by atoms with Gasteiger partial charge < -0.3 is 10.5 Å². The topological polar surface area (TPSA) is 61.0 Å². The average Bonchev–Trinajstić information content (AvgIpc) is 2.57. The van der Waals surface area contributed by atoms with Crippen LogP contribution in [0.25, 0.3) is 22.5 Å². The third-order valence-electron chi connectivity index (χ3n) is 3.66. The van der Waals surface area contributed by atoms with Crippen molar-refractivity contribution in [3.63, 3.8) is 0 Å². The lowest BCUT2D eigenvalue weighted by molar-refractivity contribution is 0.415. The maximum Gasteiger partial charge on any atom is 0.119 e. The summed E-state index contributed by atoms with van der Waals surface area (Å²) in [6.45, 7) is 2.03. The molecule has 0 aliphatic rings. The molecule has 0 atom stereocenters. The molecule has 2 N–H and O–H groups in total. The smallest absolute Gasteiger partial charge is 0.119 e. The molecular formula is C18H17N3O. The van der Waals surface area contributed by atoms with Gasteiger partial charge in [0.25, 0.3) is 0 Å². The number of aromatic nitrogens is 2. The molecule has 0 aliphatic carbocycles. The second-order valence-corrected chi connectivity index (χ2v) is 5.00. The Morgan fingerprint density at radius 2 is 1.82 bits per heavy atom. The van der Waals surface area contributed by atoms with E-state index in [9.17, 15) is 0 Å². The number of nitrogens with two attached hydrogens (primary N) is 1. The fraction of sp³-hybridized carbons (Fsp3) is 0.111. The van der Waals surface area contributed by atoms with Crippen LogP contribution in [-0.4, -0.2) is 17.1 Å². The molecule has 0 amide bonds. The number of anilines is 1. The van der Waals surface area contributed by atoms with Gasteiger partial charge in [0.15, 0.2) is 0 Å². The Balaban J connectivity index is 2.17. The summed E-state index contributed by atoms with van der Waals surface area (Å²) < 4.78 is 5.30. The van der Waals surface area contributed by atoms with Crippen molar-refractivity contribution in [2.45, 2.75) is 6.92 Å². The molecule has 0 saturated heterocycles. The van der Waals surface area contributed by atoms with Crippen molar-refractivity contribution < 1.29 is 4.74 Å². The Kier molecular flexibility index (Phi) is 3.74. The maximum absolute atomic E-state index is 6.14. The number of nitrogen functional groups attached to an aromatic ring is 1. The molecule has 1 aromatic carbocycles. The third-order valence-corrected chi connectivity index (χ3v) is 3.66. The highest BCUT2D eigenvalue weighted by atomic mass is 16.5. The van der Waals surface area contributed by atoms with E-state index >= 15 is 0 Å². The zero-order chi connectivity index (χ0) is 15.5. The van der Waals surface area contributed by atoms with E-state index in [-0.39, 0.29) is 0 Å². The molecule has 0 unspecified atom stereocenters. The largest absolute Gasteiger partial charge is 0.497 e. The van der Waals surface area contributed by atoms with Gasteiger partial charge in [-0.15, -0.1) is 0 Å². The normalized spacial score (nSPS) is 10.5. The van der Waals surface area contributed by atoms with Crippen molar-refractivity contribution in [1.82, 2.24) is 9.97 Å². The van der Waals surface area contributed by atoms with E-state index in [1.165, 1.54) is 0 Å². The van der Waals surface area contributed by atoms with Gasteiger partial charge in [0.1, 0.15) is 5.75 Å². The molecule has 110 valence electrons. The standard InChI is InChI=1S/C18H17N3O/c1-12-14(15-11-13(22-2)6-7-16(15)19)8-10-21-18(12)17-5-3-4-9-20-17/h3-11H,19H2,1-2H3. The molecule has 0 saturated carbocycles. The van der Waals surface area contributed by atoms with Crippen molar-refractivity contribution in [3.05, 3.63) is 60.4 Å². The van der Waals surface area contributed by atoms with Gasteiger partial charge in [-0.05, 0) is 54.4 Å². The summed E-state index contributed by atoms with van der Waals surface area (Å²) in [6.07, 6.45) is 3.55. The van der Waals surface area contributed by atoms with Crippen molar-refractivity contribution in [3.8, 4) is 28.3 Å². The zero-order valence-corrected chi connectivity index (χ0v) is 12.6. The SMILES string of the molecule is COc1ccc(N)c(-c2ccnc(-c3ccccn3)c2C)c1. The second-order valence-electron chi connectivity index (χ2n) is 5.00. The molecule has 3 aromatic rings. The zero-order valence-electron chi connectivity index (χ0n) is 12.6.